The van der Waals surface area contributed by atoms with Gasteiger partial charge >= 0.3 is 0 Å². The lowest BCUT2D eigenvalue weighted by Gasteiger charge is -2.04. The van der Waals surface area contributed by atoms with Crippen molar-refractivity contribution in [2.45, 2.75) is 46.0 Å². The molecule has 25 heavy (non-hydrogen) atoms. The Morgan fingerprint density at radius 1 is 0.640 bits per heavy atom. The van der Waals surface area contributed by atoms with E-state index in [-0.39, 0.29) is 0 Å². The molecule has 0 saturated carbocycles. The molecule has 0 spiro atoms. The summed E-state index contributed by atoms with van der Waals surface area (Å²) >= 11 is 0. The SMILES string of the molecule is CC(C)c1ccc(C=NCCCN=Cc2ccc(C(C)C)cc2)cc1. The molecule has 0 aromatic heterocycles. The molecule has 0 amide bonds. The van der Waals surface area contributed by atoms with Crippen LogP contribution in [0.15, 0.2) is 58.5 Å². The molecule has 0 aliphatic heterocycles. The fraction of sp³-hybridized carbons (Fsp3) is 0.391. The molecule has 0 radical (unpaired) electrons. The van der Waals surface area contributed by atoms with E-state index in [9.17, 15) is 0 Å². The minimum absolute atomic E-state index is 0.574. The van der Waals surface area contributed by atoms with Gasteiger partial charge in [-0.05, 0) is 40.5 Å². The third-order valence-corrected chi connectivity index (χ3v) is 4.26. The second-order valence-corrected chi connectivity index (χ2v) is 7.07. The van der Waals surface area contributed by atoms with E-state index in [4.69, 9.17) is 0 Å². The zero-order chi connectivity index (χ0) is 18.1. The van der Waals surface area contributed by atoms with Crippen LogP contribution in [0.1, 0.15) is 68.2 Å². The second kappa shape index (κ2) is 9.93. The minimum atomic E-state index is 0.574. The number of hydrogen-bond donors (Lipinski definition) is 0. The van der Waals surface area contributed by atoms with Crippen LogP contribution in [0, 0.1) is 0 Å². The van der Waals surface area contributed by atoms with E-state index in [1.54, 1.807) is 0 Å². The van der Waals surface area contributed by atoms with E-state index in [1.807, 2.05) is 12.4 Å². The minimum Gasteiger partial charge on any atom is -0.292 e. The van der Waals surface area contributed by atoms with Crippen molar-refractivity contribution in [1.82, 2.24) is 0 Å². The molecule has 0 heterocycles. The van der Waals surface area contributed by atoms with Gasteiger partial charge in [0, 0.05) is 25.5 Å². The summed E-state index contributed by atoms with van der Waals surface area (Å²) in [5.41, 5.74) is 5.07. The lowest BCUT2D eigenvalue weighted by Crippen LogP contribution is -1.91. The number of nitrogens with zero attached hydrogens (tertiary/aromatic N) is 2. The first-order valence-corrected chi connectivity index (χ1v) is 9.26. The van der Waals surface area contributed by atoms with Crippen molar-refractivity contribution in [3.8, 4) is 0 Å². The molecule has 0 aliphatic rings. The van der Waals surface area contributed by atoms with E-state index >= 15 is 0 Å². The molecule has 0 unspecified atom stereocenters. The summed E-state index contributed by atoms with van der Waals surface area (Å²) in [7, 11) is 0. The first-order chi connectivity index (χ1) is 12.1. The van der Waals surface area contributed by atoms with Crippen LogP contribution in [0.4, 0.5) is 0 Å². The summed E-state index contributed by atoms with van der Waals surface area (Å²) in [6, 6.07) is 17.3. The summed E-state index contributed by atoms with van der Waals surface area (Å²) in [5.74, 6) is 1.15. The lowest BCUT2D eigenvalue weighted by molar-refractivity contribution is 0.850. The monoisotopic (exact) mass is 334 g/mol. The molecule has 0 atom stereocenters. The van der Waals surface area contributed by atoms with Crippen molar-refractivity contribution in [3.05, 3.63) is 70.8 Å². The predicted molar refractivity (Wildman–Crippen MR) is 111 cm³/mol. The predicted octanol–water partition coefficient (Wildman–Crippen LogP) is 5.86. The first kappa shape index (κ1) is 19.1. The van der Waals surface area contributed by atoms with E-state index in [0.717, 1.165) is 30.6 Å². The highest BCUT2D eigenvalue weighted by Crippen LogP contribution is 2.14. The molecule has 0 saturated heterocycles. The highest BCUT2D eigenvalue weighted by molar-refractivity contribution is 5.80. The number of aliphatic imine (C=N–C) groups is 2. The molecular weight excluding hydrogens is 304 g/mol. The maximum Gasteiger partial charge on any atom is 0.0407 e. The average molecular weight is 335 g/mol. The van der Waals surface area contributed by atoms with Crippen molar-refractivity contribution in [3.63, 3.8) is 0 Å². The van der Waals surface area contributed by atoms with E-state index in [0.29, 0.717) is 11.8 Å². The highest BCUT2D eigenvalue weighted by Gasteiger charge is 1.98. The van der Waals surface area contributed by atoms with Gasteiger partial charge in [-0.3, -0.25) is 9.98 Å². The zero-order valence-corrected chi connectivity index (χ0v) is 15.9. The highest BCUT2D eigenvalue weighted by atomic mass is 14.7. The largest absolute Gasteiger partial charge is 0.292 e. The Morgan fingerprint density at radius 3 is 1.32 bits per heavy atom. The van der Waals surface area contributed by atoms with Gasteiger partial charge < -0.3 is 0 Å². The summed E-state index contributed by atoms with van der Waals surface area (Å²) in [4.78, 5) is 8.99. The van der Waals surface area contributed by atoms with E-state index in [2.05, 4.69) is 86.2 Å². The Kier molecular flexibility index (Phi) is 7.59. The van der Waals surface area contributed by atoms with Crippen LogP contribution in [-0.4, -0.2) is 25.5 Å². The quantitative estimate of drug-likeness (QED) is 0.426. The van der Waals surface area contributed by atoms with Crippen LogP contribution in [-0.2, 0) is 0 Å². The third kappa shape index (κ3) is 6.66. The maximum atomic E-state index is 4.49. The molecule has 2 nitrogen and oxygen atoms in total. The standard InChI is InChI=1S/C23H30N2/c1-18(2)22-10-6-20(7-11-22)16-24-14-5-15-25-17-21-8-12-23(13-9-21)19(3)4/h6-13,16-19H,5,14-15H2,1-4H3. The Balaban J connectivity index is 1.70. The Labute approximate surface area is 152 Å². The van der Waals surface area contributed by atoms with Crippen LogP contribution < -0.4 is 0 Å². The van der Waals surface area contributed by atoms with Gasteiger partial charge in [-0.1, -0.05) is 76.2 Å². The number of hydrogen-bond acceptors (Lipinski definition) is 2. The second-order valence-electron chi connectivity index (χ2n) is 7.07. The molecule has 0 bridgehead atoms. The van der Waals surface area contributed by atoms with Crippen molar-refractivity contribution in [2.75, 3.05) is 13.1 Å². The Hall–Kier alpha value is -2.22. The molecule has 0 aliphatic carbocycles. The number of benzene rings is 2. The normalized spacial score (nSPS) is 12.1. The molecule has 2 rings (SSSR count). The van der Waals surface area contributed by atoms with Crippen molar-refractivity contribution in [2.24, 2.45) is 9.98 Å². The summed E-state index contributed by atoms with van der Waals surface area (Å²) in [6.45, 7) is 10.5. The van der Waals surface area contributed by atoms with Gasteiger partial charge in [0.1, 0.15) is 0 Å². The topological polar surface area (TPSA) is 24.7 Å². The van der Waals surface area contributed by atoms with Crippen LogP contribution in [0.25, 0.3) is 0 Å². The van der Waals surface area contributed by atoms with Gasteiger partial charge in [-0.25, -0.2) is 0 Å². The number of rotatable bonds is 8. The molecular formula is C23H30N2. The van der Waals surface area contributed by atoms with Gasteiger partial charge in [0.25, 0.3) is 0 Å². The molecule has 2 aromatic carbocycles. The maximum absolute atomic E-state index is 4.49. The zero-order valence-electron chi connectivity index (χ0n) is 15.9. The van der Waals surface area contributed by atoms with Gasteiger partial charge in [0.15, 0.2) is 0 Å². The van der Waals surface area contributed by atoms with Crippen molar-refractivity contribution >= 4 is 12.4 Å². The summed E-state index contributed by atoms with van der Waals surface area (Å²) < 4.78 is 0. The average Bonchev–Trinajstić information content (AvgIpc) is 2.61. The van der Waals surface area contributed by atoms with Gasteiger partial charge in [0.2, 0.25) is 0 Å². The van der Waals surface area contributed by atoms with E-state index in [1.165, 1.54) is 11.1 Å². The fourth-order valence-electron chi connectivity index (χ4n) is 2.53. The summed E-state index contributed by atoms with van der Waals surface area (Å²) in [5, 5.41) is 0. The van der Waals surface area contributed by atoms with Crippen LogP contribution >= 0.6 is 0 Å². The third-order valence-electron chi connectivity index (χ3n) is 4.26. The Morgan fingerprint density at radius 2 is 1.00 bits per heavy atom. The molecule has 132 valence electrons. The molecule has 0 fully saturated rings. The lowest BCUT2D eigenvalue weighted by atomic mass is 10.0. The summed E-state index contributed by atoms with van der Waals surface area (Å²) in [6.07, 6.45) is 4.89. The van der Waals surface area contributed by atoms with Crippen LogP contribution in [0.3, 0.4) is 0 Å². The smallest absolute Gasteiger partial charge is 0.0407 e. The van der Waals surface area contributed by atoms with Gasteiger partial charge in [-0.15, -0.1) is 0 Å². The van der Waals surface area contributed by atoms with Crippen LogP contribution in [0.2, 0.25) is 0 Å². The molecule has 2 heteroatoms. The Bertz CT molecular complexity index is 616. The van der Waals surface area contributed by atoms with Crippen molar-refractivity contribution < 1.29 is 0 Å². The first-order valence-electron chi connectivity index (χ1n) is 9.26. The van der Waals surface area contributed by atoms with Gasteiger partial charge in [0.05, 0.1) is 0 Å². The van der Waals surface area contributed by atoms with E-state index < -0.39 is 0 Å². The fourth-order valence-corrected chi connectivity index (χ4v) is 2.53. The van der Waals surface area contributed by atoms with Crippen LogP contribution in [0.5, 0.6) is 0 Å². The molecule has 2 aromatic rings. The van der Waals surface area contributed by atoms with Crippen molar-refractivity contribution in [1.29, 1.82) is 0 Å². The van der Waals surface area contributed by atoms with Gasteiger partial charge in [-0.2, -0.15) is 0 Å². The molecule has 0 N–H and O–H groups in total.